The zero-order valence-electron chi connectivity index (χ0n) is 20.0. The number of amides is 1. The molecule has 0 radical (unpaired) electrons. The molecule has 8 heteroatoms. The normalized spacial score (nSPS) is 10.6. The first kappa shape index (κ1) is 26.9. The van der Waals surface area contributed by atoms with E-state index in [0.717, 1.165) is 36.5 Å². The highest BCUT2D eigenvalue weighted by molar-refractivity contribution is 6.31. The molecule has 3 aromatic carbocycles. The number of nitro benzene ring substituents is 1. The lowest BCUT2D eigenvalue weighted by Gasteiger charge is -2.23. The molecule has 0 unspecified atom stereocenters. The molecule has 0 spiro atoms. The highest BCUT2D eigenvalue weighted by atomic mass is 35.5. The Hall–Kier alpha value is -3.71. The van der Waals surface area contributed by atoms with Gasteiger partial charge < -0.3 is 9.64 Å². The van der Waals surface area contributed by atoms with Gasteiger partial charge in [-0.1, -0.05) is 85.1 Å². The van der Waals surface area contributed by atoms with Crippen molar-refractivity contribution in [1.29, 1.82) is 0 Å². The third-order valence-electron chi connectivity index (χ3n) is 5.73. The topological polar surface area (TPSA) is 89.8 Å². The second-order valence-electron chi connectivity index (χ2n) is 8.45. The van der Waals surface area contributed by atoms with Crippen LogP contribution in [0, 0.1) is 10.1 Å². The standard InChI is InChI=1S/C28H29ClN2O5/c29-24-17-26(31(34)35)25(21-32)27(18-24)36-16-10-2-1-9-15-28(33)30(19-22-11-5-3-6-12-22)20-23-13-7-4-8-14-23/h3-8,11-14,17-18,21H,1-2,9-10,15-16,19-20H2. The van der Waals surface area contributed by atoms with Crippen LogP contribution in [0.15, 0.2) is 72.8 Å². The number of nitrogens with zero attached hydrogens (tertiary/aromatic N) is 2. The van der Waals surface area contributed by atoms with E-state index in [4.69, 9.17) is 16.3 Å². The first-order valence-corrected chi connectivity index (χ1v) is 12.3. The molecule has 0 aliphatic carbocycles. The Morgan fingerprint density at radius 3 is 2.06 bits per heavy atom. The third kappa shape index (κ3) is 8.20. The van der Waals surface area contributed by atoms with E-state index in [1.165, 1.54) is 6.07 Å². The van der Waals surface area contributed by atoms with Gasteiger partial charge in [0.25, 0.3) is 5.69 Å². The number of carbonyl (C=O) groups is 2. The van der Waals surface area contributed by atoms with Crippen LogP contribution >= 0.6 is 11.6 Å². The zero-order valence-corrected chi connectivity index (χ0v) is 20.7. The van der Waals surface area contributed by atoms with Gasteiger partial charge >= 0.3 is 0 Å². The average molecular weight is 509 g/mol. The summed E-state index contributed by atoms with van der Waals surface area (Å²) in [4.78, 5) is 36.7. The molecule has 0 fully saturated rings. The number of hydrogen-bond donors (Lipinski definition) is 0. The lowest BCUT2D eigenvalue weighted by atomic mass is 10.1. The smallest absolute Gasteiger partial charge is 0.285 e. The summed E-state index contributed by atoms with van der Waals surface area (Å²) >= 11 is 5.93. The molecule has 0 aromatic heterocycles. The van der Waals surface area contributed by atoms with Gasteiger partial charge in [0, 0.05) is 31.6 Å². The maximum absolute atomic E-state index is 13.0. The molecule has 3 rings (SSSR count). The Kier molecular flexibility index (Phi) is 10.5. The lowest BCUT2D eigenvalue weighted by Crippen LogP contribution is -2.29. The molecule has 1 amide bonds. The number of nitro groups is 1. The van der Waals surface area contributed by atoms with E-state index >= 15 is 0 Å². The van der Waals surface area contributed by atoms with E-state index in [0.29, 0.717) is 38.8 Å². The third-order valence-corrected chi connectivity index (χ3v) is 5.95. The van der Waals surface area contributed by atoms with E-state index in [-0.39, 0.29) is 27.9 Å². The minimum absolute atomic E-state index is 0.108. The molecule has 188 valence electrons. The molecule has 36 heavy (non-hydrogen) atoms. The van der Waals surface area contributed by atoms with E-state index in [9.17, 15) is 19.7 Å². The fourth-order valence-electron chi connectivity index (χ4n) is 3.88. The van der Waals surface area contributed by atoms with Crippen LogP contribution in [0.1, 0.15) is 53.6 Å². The molecule has 0 saturated carbocycles. The monoisotopic (exact) mass is 508 g/mol. The fourth-order valence-corrected chi connectivity index (χ4v) is 4.08. The van der Waals surface area contributed by atoms with Gasteiger partial charge in [0.1, 0.15) is 11.3 Å². The summed E-state index contributed by atoms with van der Waals surface area (Å²) in [5, 5.41) is 11.3. The SMILES string of the molecule is O=Cc1c(OCCCCCCC(=O)N(Cc2ccccc2)Cc2ccccc2)cc(Cl)cc1[N+](=O)[O-]. The van der Waals surface area contributed by atoms with Crippen LogP contribution in [0.3, 0.4) is 0 Å². The largest absolute Gasteiger partial charge is 0.493 e. The van der Waals surface area contributed by atoms with Crippen LogP contribution in [0.4, 0.5) is 5.69 Å². The first-order chi connectivity index (χ1) is 17.5. The predicted molar refractivity (Wildman–Crippen MR) is 139 cm³/mol. The van der Waals surface area contributed by atoms with E-state index in [1.807, 2.05) is 65.6 Å². The molecule has 7 nitrogen and oxygen atoms in total. The number of hydrogen-bond acceptors (Lipinski definition) is 5. The highest BCUT2D eigenvalue weighted by Gasteiger charge is 2.20. The zero-order chi connectivity index (χ0) is 25.8. The molecule has 0 N–H and O–H groups in total. The van der Waals surface area contributed by atoms with Crippen molar-refractivity contribution in [2.45, 2.75) is 45.2 Å². The summed E-state index contributed by atoms with van der Waals surface area (Å²) in [7, 11) is 0. The van der Waals surface area contributed by atoms with Crippen molar-refractivity contribution >= 4 is 29.5 Å². The lowest BCUT2D eigenvalue weighted by molar-refractivity contribution is -0.385. The Morgan fingerprint density at radius 1 is 0.917 bits per heavy atom. The molecule has 0 bridgehead atoms. The molecule has 0 saturated heterocycles. The Labute approximate surface area is 215 Å². The number of unbranched alkanes of at least 4 members (excludes halogenated alkanes) is 3. The first-order valence-electron chi connectivity index (χ1n) is 11.9. The number of benzene rings is 3. The van der Waals surface area contributed by atoms with Gasteiger partial charge in [0.05, 0.1) is 16.6 Å². The van der Waals surface area contributed by atoms with Crippen LogP contribution in [-0.2, 0) is 17.9 Å². The Bertz CT molecular complexity index is 1110. The van der Waals surface area contributed by atoms with Crippen molar-refractivity contribution < 1.29 is 19.2 Å². The van der Waals surface area contributed by atoms with Crippen LogP contribution in [0.25, 0.3) is 0 Å². The molecule has 0 aliphatic rings. The van der Waals surface area contributed by atoms with Crippen molar-refractivity contribution in [3.8, 4) is 5.75 Å². The minimum Gasteiger partial charge on any atom is -0.493 e. The van der Waals surface area contributed by atoms with Crippen LogP contribution in [-0.4, -0.2) is 28.6 Å². The number of halogens is 1. The van der Waals surface area contributed by atoms with Crippen molar-refractivity contribution in [2.75, 3.05) is 6.61 Å². The van der Waals surface area contributed by atoms with Crippen LogP contribution in [0.2, 0.25) is 5.02 Å². The quantitative estimate of drug-likeness (QED) is 0.106. The van der Waals surface area contributed by atoms with Gasteiger partial charge in [0.2, 0.25) is 5.91 Å². The number of carbonyl (C=O) groups excluding carboxylic acids is 2. The second kappa shape index (κ2) is 14.0. The van der Waals surface area contributed by atoms with Gasteiger partial charge in [-0.15, -0.1) is 0 Å². The van der Waals surface area contributed by atoms with E-state index in [2.05, 4.69) is 0 Å². The molecule has 0 aliphatic heterocycles. The van der Waals surface area contributed by atoms with Crippen molar-refractivity contribution in [3.05, 3.63) is 105 Å². The number of rotatable bonds is 14. The molecular weight excluding hydrogens is 480 g/mol. The average Bonchev–Trinajstić information content (AvgIpc) is 2.88. The summed E-state index contributed by atoms with van der Waals surface area (Å²) in [6.07, 6.45) is 3.97. The van der Waals surface area contributed by atoms with Crippen molar-refractivity contribution in [1.82, 2.24) is 4.90 Å². The predicted octanol–water partition coefficient (Wildman–Crippen LogP) is 6.62. The number of aldehydes is 1. The summed E-state index contributed by atoms with van der Waals surface area (Å²) < 4.78 is 5.60. The second-order valence-corrected chi connectivity index (χ2v) is 8.88. The number of ether oxygens (including phenoxy) is 1. The van der Waals surface area contributed by atoms with Gasteiger partial charge in [-0.3, -0.25) is 19.7 Å². The summed E-state index contributed by atoms with van der Waals surface area (Å²) in [5.74, 6) is 0.220. The molecular formula is C28H29ClN2O5. The maximum atomic E-state index is 13.0. The summed E-state index contributed by atoms with van der Waals surface area (Å²) in [6, 6.07) is 22.5. The van der Waals surface area contributed by atoms with E-state index in [1.54, 1.807) is 0 Å². The van der Waals surface area contributed by atoms with Crippen LogP contribution in [0.5, 0.6) is 5.75 Å². The van der Waals surface area contributed by atoms with Crippen molar-refractivity contribution in [2.24, 2.45) is 0 Å². The fraction of sp³-hybridized carbons (Fsp3) is 0.286. The Morgan fingerprint density at radius 2 is 1.50 bits per heavy atom. The summed E-state index contributed by atoms with van der Waals surface area (Å²) in [6.45, 7) is 1.42. The van der Waals surface area contributed by atoms with Crippen molar-refractivity contribution in [3.63, 3.8) is 0 Å². The van der Waals surface area contributed by atoms with E-state index < -0.39 is 4.92 Å². The molecule has 0 heterocycles. The highest BCUT2D eigenvalue weighted by Crippen LogP contribution is 2.31. The van der Waals surface area contributed by atoms with Crippen LogP contribution < -0.4 is 4.74 Å². The minimum atomic E-state index is -0.654. The van der Waals surface area contributed by atoms with Gasteiger partial charge in [-0.05, 0) is 24.0 Å². The summed E-state index contributed by atoms with van der Waals surface area (Å²) in [5.41, 5.74) is 1.69. The van der Waals surface area contributed by atoms with Gasteiger partial charge in [0.15, 0.2) is 6.29 Å². The van der Waals surface area contributed by atoms with Gasteiger partial charge in [-0.2, -0.15) is 0 Å². The Balaban J connectivity index is 1.45. The maximum Gasteiger partial charge on any atom is 0.285 e. The molecule has 3 aromatic rings. The molecule has 0 atom stereocenters. The van der Waals surface area contributed by atoms with Gasteiger partial charge in [-0.25, -0.2) is 0 Å².